The van der Waals surface area contributed by atoms with Crippen LogP contribution in [0.3, 0.4) is 0 Å². The minimum atomic E-state index is -3.65. The highest BCUT2D eigenvalue weighted by molar-refractivity contribution is 7.90. The molecule has 1 aromatic heterocycles. The third kappa shape index (κ3) is 3.71. The summed E-state index contributed by atoms with van der Waals surface area (Å²) in [4.78, 5) is 11.3. The first kappa shape index (κ1) is 19.0. The van der Waals surface area contributed by atoms with Gasteiger partial charge in [0.15, 0.2) is 15.6 Å². The number of nitrogens with zero attached hydrogens (tertiary/aromatic N) is 1. The number of rotatable bonds is 6. The molecule has 2 aromatic carbocycles. The van der Waals surface area contributed by atoms with Gasteiger partial charge in [0.25, 0.3) is 0 Å². The second kappa shape index (κ2) is 7.48. The number of aryl methyl sites for hydroxylation is 2. The van der Waals surface area contributed by atoms with E-state index in [-0.39, 0.29) is 10.6 Å². The Labute approximate surface area is 158 Å². The topological polar surface area (TPSA) is 77.2 Å². The fraction of sp³-hybridized carbons (Fsp3) is 0.238. The summed E-state index contributed by atoms with van der Waals surface area (Å²) in [6, 6.07) is 12.2. The normalized spacial score (nSPS) is 11.5. The molecule has 0 radical (unpaired) electrons. The van der Waals surface area contributed by atoms with E-state index in [9.17, 15) is 13.2 Å². The maximum Gasteiger partial charge on any atom is 0.186 e. The summed E-state index contributed by atoms with van der Waals surface area (Å²) in [5.74, 6) is 0.110. The van der Waals surface area contributed by atoms with E-state index in [1.54, 1.807) is 50.2 Å². The maximum absolute atomic E-state index is 13.1. The lowest BCUT2D eigenvalue weighted by Crippen LogP contribution is -2.07. The molecule has 0 aliphatic heterocycles. The van der Waals surface area contributed by atoms with Crippen LogP contribution in [0.4, 0.5) is 0 Å². The summed E-state index contributed by atoms with van der Waals surface area (Å²) in [6.45, 7) is 5.56. The molecule has 3 aromatic rings. The Morgan fingerprint density at radius 1 is 1.07 bits per heavy atom. The van der Waals surface area contributed by atoms with Crippen LogP contribution in [0.1, 0.15) is 39.9 Å². The van der Waals surface area contributed by atoms with Gasteiger partial charge in [-0.05, 0) is 43.5 Å². The molecular weight excluding hydrogens is 362 g/mol. The van der Waals surface area contributed by atoms with Crippen molar-refractivity contribution in [3.05, 3.63) is 70.6 Å². The summed E-state index contributed by atoms with van der Waals surface area (Å²) in [7, 11) is -3.65. The lowest BCUT2D eigenvalue weighted by Gasteiger charge is -2.14. The number of hydrogen-bond donors (Lipinski definition) is 0. The van der Waals surface area contributed by atoms with Crippen LogP contribution in [0, 0.1) is 13.8 Å². The Kier molecular flexibility index (Phi) is 5.28. The summed E-state index contributed by atoms with van der Waals surface area (Å²) < 4.78 is 31.5. The van der Waals surface area contributed by atoms with Gasteiger partial charge in [-0.15, -0.1) is 0 Å². The van der Waals surface area contributed by atoms with Crippen molar-refractivity contribution in [2.75, 3.05) is 0 Å². The molecule has 0 aliphatic carbocycles. The van der Waals surface area contributed by atoms with E-state index in [1.165, 1.54) is 0 Å². The van der Waals surface area contributed by atoms with Crippen molar-refractivity contribution in [3.63, 3.8) is 0 Å². The minimum Gasteiger partial charge on any atom is -0.360 e. The molecule has 3 rings (SSSR count). The molecule has 0 spiro atoms. The van der Waals surface area contributed by atoms with Crippen molar-refractivity contribution in [1.29, 1.82) is 0 Å². The molecule has 0 saturated heterocycles. The third-order valence-electron chi connectivity index (χ3n) is 4.73. The minimum absolute atomic E-state index is 0.243. The zero-order chi connectivity index (χ0) is 19.6. The average molecular weight is 383 g/mol. The second-order valence-corrected chi connectivity index (χ2v) is 8.42. The highest BCUT2D eigenvalue weighted by Gasteiger charge is 2.24. The monoisotopic (exact) mass is 383 g/mol. The quantitative estimate of drug-likeness (QED) is 0.593. The zero-order valence-electron chi connectivity index (χ0n) is 15.5. The number of hydrogen-bond acceptors (Lipinski definition) is 5. The van der Waals surface area contributed by atoms with E-state index >= 15 is 0 Å². The lowest BCUT2D eigenvalue weighted by atomic mass is 9.96. The highest BCUT2D eigenvalue weighted by Crippen LogP contribution is 2.33. The van der Waals surface area contributed by atoms with E-state index in [0.717, 1.165) is 23.0 Å². The van der Waals surface area contributed by atoms with E-state index < -0.39 is 9.84 Å². The molecule has 1 heterocycles. The molecule has 0 unspecified atom stereocenters. The average Bonchev–Trinajstić information content (AvgIpc) is 2.99. The fourth-order valence-electron chi connectivity index (χ4n) is 3.05. The van der Waals surface area contributed by atoms with Crippen molar-refractivity contribution in [2.24, 2.45) is 0 Å². The van der Waals surface area contributed by atoms with Gasteiger partial charge in [0.2, 0.25) is 0 Å². The number of aromatic nitrogens is 1. The summed E-state index contributed by atoms with van der Waals surface area (Å²) >= 11 is 0. The number of carbonyl (C=O) groups is 1. The third-order valence-corrected chi connectivity index (χ3v) is 6.40. The standard InChI is InChI=1S/C21H21NO4S/c1-4-17-11-16(12-23)9-10-18(17)19-7-5-6-8-21(19)27(24,25)13-20-14(2)15(3)22-26-20/h5-12H,4,13H2,1-3H3. The second-order valence-electron chi connectivity index (χ2n) is 6.46. The SMILES string of the molecule is CCc1cc(C=O)ccc1-c1ccccc1S(=O)(=O)Cc1onc(C)c1C. The lowest BCUT2D eigenvalue weighted by molar-refractivity contribution is 0.112. The predicted octanol–water partition coefficient (Wildman–Crippen LogP) is 4.31. The fourth-order valence-corrected chi connectivity index (χ4v) is 4.62. The Balaban J connectivity index is 2.11. The number of benzene rings is 2. The smallest absolute Gasteiger partial charge is 0.186 e. The van der Waals surface area contributed by atoms with Gasteiger partial charge in [-0.1, -0.05) is 42.4 Å². The highest BCUT2D eigenvalue weighted by atomic mass is 32.2. The van der Waals surface area contributed by atoms with Crippen LogP contribution in [-0.4, -0.2) is 19.9 Å². The number of carbonyl (C=O) groups excluding carboxylic acids is 1. The molecule has 6 heteroatoms. The van der Waals surface area contributed by atoms with Gasteiger partial charge in [0.05, 0.1) is 10.6 Å². The molecule has 0 bridgehead atoms. The number of aldehydes is 1. The van der Waals surface area contributed by atoms with Crippen LogP contribution in [0.15, 0.2) is 51.9 Å². The summed E-state index contributed by atoms with van der Waals surface area (Å²) in [5.41, 5.74) is 4.37. The molecule has 0 N–H and O–H groups in total. The molecule has 27 heavy (non-hydrogen) atoms. The Morgan fingerprint density at radius 2 is 1.81 bits per heavy atom. The first-order valence-corrected chi connectivity index (χ1v) is 10.3. The first-order chi connectivity index (χ1) is 12.9. The Morgan fingerprint density at radius 3 is 2.44 bits per heavy atom. The van der Waals surface area contributed by atoms with E-state index in [4.69, 9.17) is 4.52 Å². The van der Waals surface area contributed by atoms with Gasteiger partial charge in [-0.2, -0.15) is 0 Å². The van der Waals surface area contributed by atoms with E-state index in [2.05, 4.69) is 5.16 Å². The summed E-state index contributed by atoms with van der Waals surface area (Å²) in [5, 5.41) is 3.85. The van der Waals surface area contributed by atoms with Gasteiger partial charge < -0.3 is 4.52 Å². The van der Waals surface area contributed by atoms with Crippen molar-refractivity contribution in [3.8, 4) is 11.1 Å². The number of sulfone groups is 1. The van der Waals surface area contributed by atoms with Gasteiger partial charge in [-0.3, -0.25) is 4.79 Å². The molecule has 0 saturated carbocycles. The Hall–Kier alpha value is -2.73. The van der Waals surface area contributed by atoms with Crippen LogP contribution >= 0.6 is 0 Å². The van der Waals surface area contributed by atoms with Crippen LogP contribution in [0.5, 0.6) is 0 Å². The van der Waals surface area contributed by atoms with Gasteiger partial charge >= 0.3 is 0 Å². The van der Waals surface area contributed by atoms with Gasteiger partial charge in [-0.25, -0.2) is 8.42 Å². The van der Waals surface area contributed by atoms with Crippen molar-refractivity contribution in [2.45, 2.75) is 37.8 Å². The predicted molar refractivity (Wildman–Crippen MR) is 104 cm³/mol. The largest absolute Gasteiger partial charge is 0.360 e. The van der Waals surface area contributed by atoms with E-state index in [0.29, 0.717) is 29.0 Å². The molecule has 0 aliphatic rings. The molecule has 0 fully saturated rings. The van der Waals surface area contributed by atoms with Crippen LogP contribution in [0.2, 0.25) is 0 Å². The van der Waals surface area contributed by atoms with Crippen molar-refractivity contribution < 1.29 is 17.7 Å². The summed E-state index contributed by atoms with van der Waals surface area (Å²) in [6.07, 6.45) is 1.48. The maximum atomic E-state index is 13.1. The van der Waals surface area contributed by atoms with Gasteiger partial charge in [0, 0.05) is 16.7 Å². The molecule has 0 atom stereocenters. The molecule has 0 amide bonds. The molecular formula is C21H21NO4S. The van der Waals surface area contributed by atoms with Crippen molar-refractivity contribution >= 4 is 16.1 Å². The van der Waals surface area contributed by atoms with Crippen LogP contribution in [0.25, 0.3) is 11.1 Å². The van der Waals surface area contributed by atoms with E-state index in [1.807, 2.05) is 13.0 Å². The van der Waals surface area contributed by atoms with Crippen LogP contribution in [-0.2, 0) is 22.0 Å². The first-order valence-electron chi connectivity index (χ1n) is 8.69. The Bertz CT molecular complexity index is 1100. The molecule has 5 nitrogen and oxygen atoms in total. The van der Waals surface area contributed by atoms with Crippen LogP contribution < -0.4 is 0 Å². The zero-order valence-corrected chi connectivity index (χ0v) is 16.3. The van der Waals surface area contributed by atoms with Gasteiger partial charge in [0.1, 0.15) is 12.0 Å². The van der Waals surface area contributed by atoms with Crippen molar-refractivity contribution in [1.82, 2.24) is 5.16 Å². The molecule has 140 valence electrons.